The Morgan fingerprint density at radius 2 is 1.29 bits per heavy atom. The van der Waals surface area contributed by atoms with Gasteiger partial charge in [-0.25, -0.2) is 12.7 Å². The molecular formula is C16H34ClNO2S. The van der Waals surface area contributed by atoms with E-state index in [1.165, 1.54) is 25.7 Å². The molecule has 128 valence electrons. The van der Waals surface area contributed by atoms with Crippen molar-refractivity contribution in [3.05, 3.63) is 0 Å². The first-order valence-corrected chi connectivity index (χ1v) is 10.8. The van der Waals surface area contributed by atoms with E-state index in [1.54, 1.807) is 4.31 Å². The van der Waals surface area contributed by atoms with Crippen LogP contribution in [0.15, 0.2) is 0 Å². The van der Waals surface area contributed by atoms with Crippen molar-refractivity contribution in [3.8, 4) is 0 Å². The third-order valence-electron chi connectivity index (χ3n) is 3.70. The molecule has 0 aliphatic rings. The van der Waals surface area contributed by atoms with Crippen molar-refractivity contribution in [2.45, 2.75) is 78.1 Å². The minimum atomic E-state index is -3.09. The van der Waals surface area contributed by atoms with Crippen molar-refractivity contribution in [1.82, 2.24) is 4.31 Å². The van der Waals surface area contributed by atoms with Crippen LogP contribution < -0.4 is 0 Å². The molecule has 3 nitrogen and oxygen atoms in total. The molecular weight excluding hydrogens is 306 g/mol. The summed E-state index contributed by atoms with van der Waals surface area (Å²) in [5.41, 5.74) is 0. The molecule has 0 saturated carbocycles. The molecule has 0 rings (SSSR count). The first kappa shape index (κ1) is 21.2. The van der Waals surface area contributed by atoms with Crippen molar-refractivity contribution < 1.29 is 8.42 Å². The molecule has 0 bridgehead atoms. The van der Waals surface area contributed by atoms with Gasteiger partial charge in [0.25, 0.3) is 0 Å². The lowest BCUT2D eigenvalue weighted by molar-refractivity contribution is 0.385. The van der Waals surface area contributed by atoms with Crippen LogP contribution in [0.4, 0.5) is 0 Å². The number of nitrogens with zero attached hydrogens (tertiary/aromatic N) is 1. The van der Waals surface area contributed by atoms with Crippen LogP contribution in [-0.4, -0.2) is 37.4 Å². The van der Waals surface area contributed by atoms with Crippen LogP contribution in [-0.2, 0) is 10.0 Å². The first-order valence-electron chi connectivity index (χ1n) is 8.62. The Bertz CT molecular complexity index is 308. The van der Waals surface area contributed by atoms with Crippen molar-refractivity contribution in [1.29, 1.82) is 0 Å². The maximum Gasteiger partial charge on any atom is 0.214 e. The largest absolute Gasteiger partial charge is 0.214 e. The molecule has 0 atom stereocenters. The Morgan fingerprint density at radius 3 is 1.71 bits per heavy atom. The van der Waals surface area contributed by atoms with E-state index in [4.69, 9.17) is 11.6 Å². The van der Waals surface area contributed by atoms with Gasteiger partial charge in [0.15, 0.2) is 0 Å². The Hall–Kier alpha value is 0.200. The van der Waals surface area contributed by atoms with E-state index < -0.39 is 10.0 Å². The van der Waals surface area contributed by atoms with Crippen LogP contribution in [0.2, 0.25) is 0 Å². The maximum atomic E-state index is 12.4. The zero-order chi connectivity index (χ0) is 16.0. The molecule has 0 heterocycles. The molecule has 0 spiro atoms. The zero-order valence-corrected chi connectivity index (χ0v) is 15.5. The summed E-state index contributed by atoms with van der Waals surface area (Å²) in [5.74, 6) is 0.795. The topological polar surface area (TPSA) is 37.4 Å². The van der Waals surface area contributed by atoms with Crippen LogP contribution in [0.3, 0.4) is 0 Å². The van der Waals surface area contributed by atoms with Gasteiger partial charge >= 0.3 is 0 Å². The van der Waals surface area contributed by atoms with Crippen molar-refractivity contribution in [3.63, 3.8) is 0 Å². The lowest BCUT2D eigenvalue weighted by Crippen LogP contribution is -2.35. The Morgan fingerprint density at radius 1 is 0.762 bits per heavy atom. The summed E-state index contributed by atoms with van der Waals surface area (Å²) in [6.07, 6.45) is 10.4. The number of hydrogen-bond donors (Lipinski definition) is 0. The number of sulfonamides is 1. The van der Waals surface area contributed by atoms with Gasteiger partial charge in [-0.15, -0.1) is 11.6 Å². The fourth-order valence-electron chi connectivity index (χ4n) is 2.33. The van der Waals surface area contributed by atoms with E-state index in [9.17, 15) is 8.42 Å². The van der Waals surface area contributed by atoms with E-state index in [-0.39, 0.29) is 5.75 Å². The van der Waals surface area contributed by atoms with Gasteiger partial charge in [0.05, 0.1) is 5.75 Å². The second kappa shape index (κ2) is 13.8. The summed E-state index contributed by atoms with van der Waals surface area (Å²) < 4.78 is 26.6. The molecule has 0 aromatic heterocycles. The van der Waals surface area contributed by atoms with Crippen molar-refractivity contribution in [2.75, 3.05) is 24.7 Å². The van der Waals surface area contributed by atoms with Gasteiger partial charge in [-0.3, -0.25) is 0 Å². The van der Waals surface area contributed by atoms with Crippen molar-refractivity contribution >= 4 is 21.6 Å². The highest BCUT2D eigenvalue weighted by Crippen LogP contribution is 2.11. The van der Waals surface area contributed by atoms with Crippen LogP contribution in [0, 0.1) is 0 Å². The highest BCUT2D eigenvalue weighted by atomic mass is 35.5. The van der Waals surface area contributed by atoms with Crippen molar-refractivity contribution in [2.24, 2.45) is 0 Å². The van der Waals surface area contributed by atoms with Crippen LogP contribution in [0.1, 0.15) is 78.1 Å². The lowest BCUT2D eigenvalue weighted by Gasteiger charge is -2.22. The molecule has 5 heteroatoms. The molecule has 0 amide bonds. The van der Waals surface area contributed by atoms with Gasteiger partial charge < -0.3 is 0 Å². The highest BCUT2D eigenvalue weighted by Gasteiger charge is 2.20. The maximum absolute atomic E-state index is 12.4. The second-order valence-corrected chi connectivity index (χ2v) is 8.20. The zero-order valence-electron chi connectivity index (χ0n) is 13.9. The minimum Gasteiger partial charge on any atom is -0.212 e. The lowest BCUT2D eigenvalue weighted by atomic mass is 10.2. The molecule has 0 aliphatic heterocycles. The molecule has 0 saturated heterocycles. The molecule has 0 aromatic carbocycles. The van der Waals surface area contributed by atoms with E-state index in [1.807, 2.05) is 0 Å². The highest BCUT2D eigenvalue weighted by molar-refractivity contribution is 7.89. The molecule has 21 heavy (non-hydrogen) atoms. The average Bonchev–Trinajstić information content (AvgIpc) is 2.45. The van der Waals surface area contributed by atoms with Gasteiger partial charge in [-0.1, -0.05) is 52.4 Å². The predicted octanol–water partition coefficient (Wildman–Crippen LogP) is 4.80. The number of rotatable bonds is 15. The van der Waals surface area contributed by atoms with Gasteiger partial charge in [0, 0.05) is 19.0 Å². The summed E-state index contributed by atoms with van der Waals surface area (Å²) in [6.45, 7) is 5.72. The summed E-state index contributed by atoms with van der Waals surface area (Å²) in [6, 6.07) is 0. The van der Waals surface area contributed by atoms with Crippen LogP contribution in [0.5, 0.6) is 0 Å². The number of unbranched alkanes of at least 4 members (excludes halogenated alkanes) is 7. The number of halogens is 1. The third-order valence-corrected chi connectivity index (χ3v) is 5.93. The molecule has 0 aliphatic carbocycles. The molecule has 0 N–H and O–H groups in total. The second-order valence-electron chi connectivity index (χ2n) is 5.73. The van der Waals surface area contributed by atoms with E-state index in [2.05, 4.69) is 13.8 Å². The fraction of sp³-hybridized carbons (Fsp3) is 1.00. The van der Waals surface area contributed by atoms with E-state index in [0.717, 1.165) is 32.1 Å². The Kier molecular flexibility index (Phi) is 14.0. The summed E-state index contributed by atoms with van der Waals surface area (Å²) in [7, 11) is -3.09. The minimum absolute atomic E-state index is 0.251. The summed E-state index contributed by atoms with van der Waals surface area (Å²) >= 11 is 5.64. The average molecular weight is 340 g/mol. The summed E-state index contributed by atoms with van der Waals surface area (Å²) in [5, 5.41) is 0. The monoisotopic (exact) mass is 339 g/mol. The van der Waals surface area contributed by atoms with Crippen LogP contribution >= 0.6 is 11.6 Å². The molecule has 0 fully saturated rings. The third kappa shape index (κ3) is 11.4. The molecule has 0 aromatic rings. The van der Waals surface area contributed by atoms with Gasteiger partial charge in [0.1, 0.15) is 0 Å². The van der Waals surface area contributed by atoms with Gasteiger partial charge in [0.2, 0.25) is 10.0 Å². The normalized spacial score (nSPS) is 12.2. The van der Waals surface area contributed by atoms with E-state index >= 15 is 0 Å². The molecule has 0 unspecified atom stereocenters. The number of alkyl halides is 1. The SMILES string of the molecule is CCCCCCN(CCCCCC)S(=O)(=O)CCCCCl. The fourth-order valence-corrected chi connectivity index (χ4v) is 4.16. The molecule has 0 radical (unpaired) electrons. The number of hydrogen-bond acceptors (Lipinski definition) is 2. The first-order chi connectivity index (χ1) is 10.1. The van der Waals surface area contributed by atoms with Crippen LogP contribution in [0.25, 0.3) is 0 Å². The summed E-state index contributed by atoms with van der Waals surface area (Å²) in [4.78, 5) is 0. The Labute approximate surface area is 137 Å². The predicted molar refractivity (Wildman–Crippen MR) is 93.6 cm³/mol. The Balaban J connectivity index is 4.31. The standard InChI is InChI=1S/C16H34ClNO2S/c1-3-5-7-10-14-18(15-11-8-6-4-2)21(19,20)16-12-9-13-17/h3-16H2,1-2H3. The smallest absolute Gasteiger partial charge is 0.212 e. The van der Waals surface area contributed by atoms with Gasteiger partial charge in [-0.05, 0) is 25.7 Å². The quantitative estimate of drug-likeness (QED) is 0.317. The van der Waals surface area contributed by atoms with E-state index in [0.29, 0.717) is 25.4 Å². The van der Waals surface area contributed by atoms with Gasteiger partial charge in [-0.2, -0.15) is 0 Å².